The normalized spacial score (nSPS) is 12.2. The standard InChI is InChI=1S/C11H16BrN3O3/c1-4-14(8(2)7-18-3)11-10(15(16)17)5-9(12)6-13-11/h5-6,8H,4,7H2,1-3H3. The molecular formula is C11H16BrN3O3. The van der Waals surface area contributed by atoms with Crippen LogP contribution in [0.4, 0.5) is 11.5 Å². The van der Waals surface area contributed by atoms with Crippen molar-refractivity contribution >= 4 is 27.4 Å². The summed E-state index contributed by atoms with van der Waals surface area (Å²) in [5.41, 5.74) is -0.00539. The SMILES string of the molecule is CCN(c1ncc(Br)cc1[N+](=O)[O-])C(C)COC. The molecule has 1 aromatic heterocycles. The van der Waals surface area contributed by atoms with E-state index in [0.29, 0.717) is 23.4 Å². The van der Waals surface area contributed by atoms with E-state index in [1.165, 1.54) is 6.07 Å². The van der Waals surface area contributed by atoms with Gasteiger partial charge in [-0.1, -0.05) is 0 Å². The van der Waals surface area contributed by atoms with Gasteiger partial charge in [0.1, 0.15) is 0 Å². The average Bonchev–Trinajstić information content (AvgIpc) is 2.32. The third-order valence-corrected chi connectivity index (χ3v) is 3.00. The number of nitro groups is 1. The molecule has 0 N–H and O–H groups in total. The van der Waals surface area contributed by atoms with Crippen LogP contribution in [0, 0.1) is 10.1 Å². The molecule has 1 unspecified atom stereocenters. The molecule has 0 aliphatic heterocycles. The molecule has 0 spiro atoms. The van der Waals surface area contributed by atoms with Gasteiger partial charge in [0.2, 0.25) is 5.82 Å². The molecule has 0 radical (unpaired) electrons. The van der Waals surface area contributed by atoms with Crippen LogP contribution in [-0.2, 0) is 4.74 Å². The van der Waals surface area contributed by atoms with Crippen molar-refractivity contribution in [3.8, 4) is 0 Å². The molecule has 0 saturated carbocycles. The van der Waals surface area contributed by atoms with Crippen LogP contribution >= 0.6 is 15.9 Å². The zero-order chi connectivity index (χ0) is 13.7. The molecule has 1 rings (SSSR count). The Labute approximate surface area is 114 Å². The molecule has 1 heterocycles. The maximum atomic E-state index is 11.1. The summed E-state index contributed by atoms with van der Waals surface area (Å²) in [6.45, 7) is 4.99. The zero-order valence-corrected chi connectivity index (χ0v) is 12.2. The van der Waals surface area contributed by atoms with Crippen molar-refractivity contribution in [2.75, 3.05) is 25.2 Å². The van der Waals surface area contributed by atoms with Crippen molar-refractivity contribution in [1.29, 1.82) is 0 Å². The summed E-state index contributed by atoms with van der Waals surface area (Å²) in [5, 5.41) is 11.1. The summed E-state index contributed by atoms with van der Waals surface area (Å²) in [4.78, 5) is 16.7. The van der Waals surface area contributed by atoms with Gasteiger partial charge in [-0.15, -0.1) is 0 Å². The lowest BCUT2D eigenvalue weighted by Crippen LogP contribution is -2.37. The number of ether oxygens (including phenoxy) is 1. The molecule has 7 heteroatoms. The molecule has 0 aromatic carbocycles. The first-order valence-corrected chi connectivity index (χ1v) is 6.36. The van der Waals surface area contributed by atoms with Gasteiger partial charge in [0, 0.05) is 30.4 Å². The van der Waals surface area contributed by atoms with Crippen molar-refractivity contribution in [3.63, 3.8) is 0 Å². The molecule has 0 amide bonds. The Bertz CT molecular complexity index is 428. The van der Waals surface area contributed by atoms with E-state index in [9.17, 15) is 10.1 Å². The van der Waals surface area contributed by atoms with Crippen molar-refractivity contribution in [2.45, 2.75) is 19.9 Å². The number of hydrogen-bond acceptors (Lipinski definition) is 5. The fourth-order valence-corrected chi connectivity index (χ4v) is 2.10. The van der Waals surface area contributed by atoms with E-state index in [-0.39, 0.29) is 11.7 Å². The second-order valence-electron chi connectivity index (χ2n) is 3.84. The van der Waals surface area contributed by atoms with Crippen molar-refractivity contribution in [3.05, 3.63) is 26.9 Å². The number of methoxy groups -OCH3 is 1. The fraction of sp³-hybridized carbons (Fsp3) is 0.545. The molecule has 0 saturated heterocycles. The summed E-state index contributed by atoms with van der Waals surface area (Å²) in [6.07, 6.45) is 1.56. The van der Waals surface area contributed by atoms with Crippen molar-refractivity contribution in [2.24, 2.45) is 0 Å². The smallest absolute Gasteiger partial charge is 0.312 e. The lowest BCUT2D eigenvalue weighted by molar-refractivity contribution is -0.384. The summed E-state index contributed by atoms with van der Waals surface area (Å²) in [6, 6.07) is 1.48. The number of halogens is 1. The molecule has 1 atom stereocenters. The van der Waals surface area contributed by atoms with Crippen LogP contribution in [0.3, 0.4) is 0 Å². The molecule has 1 aromatic rings. The number of rotatable bonds is 6. The number of aromatic nitrogens is 1. The number of nitrogens with zero attached hydrogens (tertiary/aromatic N) is 3. The Hall–Kier alpha value is -1.21. The van der Waals surface area contributed by atoms with Gasteiger partial charge >= 0.3 is 5.69 Å². The van der Waals surface area contributed by atoms with Crippen LogP contribution in [-0.4, -0.2) is 36.2 Å². The first kappa shape index (κ1) is 14.8. The van der Waals surface area contributed by atoms with E-state index in [0.717, 1.165) is 0 Å². The minimum atomic E-state index is -0.421. The minimum Gasteiger partial charge on any atom is -0.383 e. The highest BCUT2D eigenvalue weighted by molar-refractivity contribution is 9.10. The van der Waals surface area contributed by atoms with E-state index in [4.69, 9.17) is 4.74 Å². The lowest BCUT2D eigenvalue weighted by Gasteiger charge is -2.28. The first-order chi connectivity index (χ1) is 8.51. The predicted octanol–water partition coefficient (Wildman–Crippen LogP) is 2.61. The monoisotopic (exact) mass is 317 g/mol. The summed E-state index contributed by atoms with van der Waals surface area (Å²) in [7, 11) is 1.60. The molecule has 0 aliphatic carbocycles. The summed E-state index contributed by atoms with van der Waals surface area (Å²) < 4.78 is 5.67. The Balaban J connectivity index is 3.16. The fourth-order valence-electron chi connectivity index (χ4n) is 1.78. The molecule has 6 nitrogen and oxygen atoms in total. The minimum absolute atomic E-state index is 0.00539. The zero-order valence-electron chi connectivity index (χ0n) is 10.6. The van der Waals surface area contributed by atoms with Crippen LogP contribution in [0.25, 0.3) is 0 Å². The van der Waals surface area contributed by atoms with Crippen LogP contribution < -0.4 is 4.90 Å². The number of likely N-dealkylation sites (N-methyl/N-ethyl adjacent to an activating group) is 1. The number of pyridine rings is 1. The van der Waals surface area contributed by atoms with Gasteiger partial charge in [0.25, 0.3) is 0 Å². The topological polar surface area (TPSA) is 68.5 Å². The highest BCUT2D eigenvalue weighted by atomic mass is 79.9. The van der Waals surface area contributed by atoms with Gasteiger partial charge in [-0.3, -0.25) is 10.1 Å². The first-order valence-electron chi connectivity index (χ1n) is 5.56. The molecular weight excluding hydrogens is 302 g/mol. The number of hydrogen-bond donors (Lipinski definition) is 0. The highest BCUT2D eigenvalue weighted by Gasteiger charge is 2.24. The third-order valence-electron chi connectivity index (χ3n) is 2.56. The van der Waals surface area contributed by atoms with E-state index < -0.39 is 4.92 Å². The quantitative estimate of drug-likeness (QED) is 0.596. The van der Waals surface area contributed by atoms with E-state index in [1.807, 2.05) is 18.7 Å². The van der Waals surface area contributed by atoms with Gasteiger partial charge < -0.3 is 9.64 Å². The lowest BCUT2D eigenvalue weighted by atomic mass is 10.2. The molecule has 100 valence electrons. The molecule has 0 aliphatic rings. The largest absolute Gasteiger partial charge is 0.383 e. The van der Waals surface area contributed by atoms with Crippen molar-refractivity contribution < 1.29 is 9.66 Å². The second kappa shape index (κ2) is 6.65. The van der Waals surface area contributed by atoms with Gasteiger partial charge in [-0.2, -0.15) is 0 Å². The Kier molecular flexibility index (Phi) is 5.49. The van der Waals surface area contributed by atoms with Crippen LogP contribution in [0.2, 0.25) is 0 Å². The molecule has 18 heavy (non-hydrogen) atoms. The predicted molar refractivity (Wildman–Crippen MR) is 72.9 cm³/mol. The maximum absolute atomic E-state index is 11.1. The van der Waals surface area contributed by atoms with E-state index in [1.54, 1.807) is 13.3 Å². The third kappa shape index (κ3) is 3.39. The average molecular weight is 318 g/mol. The Morgan fingerprint density at radius 3 is 2.83 bits per heavy atom. The highest BCUT2D eigenvalue weighted by Crippen LogP contribution is 2.29. The van der Waals surface area contributed by atoms with Gasteiger partial charge in [0.05, 0.1) is 17.6 Å². The Morgan fingerprint density at radius 1 is 1.67 bits per heavy atom. The molecule has 0 fully saturated rings. The van der Waals surface area contributed by atoms with Crippen LogP contribution in [0.1, 0.15) is 13.8 Å². The van der Waals surface area contributed by atoms with Crippen LogP contribution in [0.5, 0.6) is 0 Å². The van der Waals surface area contributed by atoms with E-state index in [2.05, 4.69) is 20.9 Å². The summed E-state index contributed by atoms with van der Waals surface area (Å²) >= 11 is 3.19. The van der Waals surface area contributed by atoms with Gasteiger partial charge in [-0.25, -0.2) is 4.98 Å². The van der Waals surface area contributed by atoms with Crippen LogP contribution in [0.15, 0.2) is 16.7 Å². The van der Waals surface area contributed by atoms with E-state index >= 15 is 0 Å². The summed E-state index contributed by atoms with van der Waals surface area (Å²) in [5.74, 6) is 0.371. The maximum Gasteiger partial charge on any atom is 0.312 e. The number of anilines is 1. The van der Waals surface area contributed by atoms with Crippen molar-refractivity contribution in [1.82, 2.24) is 4.98 Å². The van der Waals surface area contributed by atoms with Gasteiger partial charge in [-0.05, 0) is 29.8 Å². The second-order valence-corrected chi connectivity index (χ2v) is 4.76. The van der Waals surface area contributed by atoms with Gasteiger partial charge in [0.15, 0.2) is 0 Å². The Morgan fingerprint density at radius 2 is 2.33 bits per heavy atom. The molecule has 0 bridgehead atoms.